The van der Waals surface area contributed by atoms with E-state index in [0.29, 0.717) is 6.54 Å². The standard InChI is InChI=1S/C12H17FN2O2/c1-8(7-15(2)3)14-11-9(12(16)17)5-4-6-10(11)13/h4-6,8,14H,7H2,1-3H3,(H,16,17). The maximum Gasteiger partial charge on any atom is 0.337 e. The molecule has 5 heteroatoms. The van der Waals surface area contributed by atoms with Crippen molar-refractivity contribution in [2.45, 2.75) is 13.0 Å². The molecule has 0 aliphatic rings. The third-order valence-corrected chi connectivity index (χ3v) is 2.27. The van der Waals surface area contributed by atoms with Crippen molar-refractivity contribution in [1.82, 2.24) is 4.90 Å². The Balaban J connectivity index is 2.92. The molecule has 1 atom stereocenters. The third-order valence-electron chi connectivity index (χ3n) is 2.27. The number of anilines is 1. The zero-order valence-corrected chi connectivity index (χ0v) is 10.2. The largest absolute Gasteiger partial charge is 0.478 e. The fourth-order valence-electron chi connectivity index (χ4n) is 1.69. The molecule has 0 saturated carbocycles. The van der Waals surface area contributed by atoms with Gasteiger partial charge < -0.3 is 15.3 Å². The summed E-state index contributed by atoms with van der Waals surface area (Å²) in [5, 5.41) is 11.9. The van der Waals surface area contributed by atoms with Gasteiger partial charge in [-0.15, -0.1) is 0 Å². The van der Waals surface area contributed by atoms with Gasteiger partial charge in [0.15, 0.2) is 0 Å². The summed E-state index contributed by atoms with van der Waals surface area (Å²) >= 11 is 0. The summed E-state index contributed by atoms with van der Waals surface area (Å²) in [6, 6.07) is 3.98. The summed E-state index contributed by atoms with van der Waals surface area (Å²) in [4.78, 5) is 12.9. The summed E-state index contributed by atoms with van der Waals surface area (Å²) in [7, 11) is 3.80. The van der Waals surface area contributed by atoms with Crippen LogP contribution in [0.1, 0.15) is 17.3 Å². The number of carboxylic acid groups (broad SMARTS) is 1. The molecular weight excluding hydrogens is 223 g/mol. The number of aromatic carboxylic acids is 1. The Morgan fingerprint density at radius 2 is 2.18 bits per heavy atom. The Morgan fingerprint density at radius 1 is 1.53 bits per heavy atom. The molecule has 1 aromatic rings. The van der Waals surface area contributed by atoms with Gasteiger partial charge in [-0.25, -0.2) is 9.18 Å². The highest BCUT2D eigenvalue weighted by atomic mass is 19.1. The highest BCUT2D eigenvalue weighted by Gasteiger charge is 2.16. The molecule has 0 spiro atoms. The topological polar surface area (TPSA) is 52.6 Å². The van der Waals surface area contributed by atoms with Crippen molar-refractivity contribution in [3.05, 3.63) is 29.6 Å². The van der Waals surface area contributed by atoms with E-state index in [9.17, 15) is 9.18 Å². The van der Waals surface area contributed by atoms with E-state index in [1.54, 1.807) is 0 Å². The molecule has 94 valence electrons. The van der Waals surface area contributed by atoms with Gasteiger partial charge in [-0.2, -0.15) is 0 Å². The molecule has 0 fully saturated rings. The molecule has 0 radical (unpaired) electrons. The summed E-state index contributed by atoms with van der Waals surface area (Å²) < 4.78 is 13.6. The first kappa shape index (κ1) is 13.4. The number of carboxylic acids is 1. The monoisotopic (exact) mass is 240 g/mol. The van der Waals surface area contributed by atoms with Crippen LogP contribution in [0.3, 0.4) is 0 Å². The normalized spacial score (nSPS) is 12.5. The van der Waals surface area contributed by atoms with Crippen molar-refractivity contribution in [2.75, 3.05) is 26.0 Å². The van der Waals surface area contributed by atoms with Gasteiger partial charge in [0, 0.05) is 12.6 Å². The minimum atomic E-state index is -1.14. The maximum absolute atomic E-state index is 13.6. The Kier molecular flexibility index (Phi) is 4.45. The highest BCUT2D eigenvalue weighted by molar-refractivity contribution is 5.94. The molecule has 0 aromatic heterocycles. The smallest absolute Gasteiger partial charge is 0.337 e. The Bertz CT molecular complexity index is 407. The van der Waals surface area contributed by atoms with Gasteiger partial charge in [0.25, 0.3) is 0 Å². The molecule has 0 aliphatic carbocycles. The molecule has 0 amide bonds. The van der Waals surface area contributed by atoms with Gasteiger partial charge in [-0.1, -0.05) is 6.07 Å². The second kappa shape index (κ2) is 5.63. The summed E-state index contributed by atoms with van der Waals surface area (Å²) in [5.41, 5.74) is 0.00459. The number of para-hydroxylation sites is 1. The van der Waals surface area contributed by atoms with Gasteiger partial charge in [-0.05, 0) is 33.2 Å². The highest BCUT2D eigenvalue weighted by Crippen LogP contribution is 2.20. The van der Waals surface area contributed by atoms with Crippen molar-refractivity contribution in [1.29, 1.82) is 0 Å². The average Bonchev–Trinajstić information content (AvgIpc) is 2.19. The molecule has 0 bridgehead atoms. The number of nitrogens with zero attached hydrogens (tertiary/aromatic N) is 1. The molecule has 1 unspecified atom stereocenters. The summed E-state index contributed by atoms with van der Waals surface area (Å²) in [6.45, 7) is 2.56. The second-order valence-electron chi connectivity index (χ2n) is 4.28. The second-order valence-corrected chi connectivity index (χ2v) is 4.28. The number of hydrogen-bond donors (Lipinski definition) is 2. The van der Waals surface area contributed by atoms with Crippen molar-refractivity contribution in [3.8, 4) is 0 Å². The lowest BCUT2D eigenvalue weighted by molar-refractivity contribution is 0.0697. The van der Waals surface area contributed by atoms with Crippen molar-refractivity contribution < 1.29 is 14.3 Å². The zero-order valence-electron chi connectivity index (χ0n) is 10.2. The first-order valence-electron chi connectivity index (χ1n) is 5.35. The van der Waals surface area contributed by atoms with Crippen LogP contribution < -0.4 is 5.32 Å². The lowest BCUT2D eigenvalue weighted by Gasteiger charge is -2.20. The fourth-order valence-corrected chi connectivity index (χ4v) is 1.69. The van der Waals surface area contributed by atoms with Gasteiger partial charge in [0.1, 0.15) is 5.82 Å². The number of rotatable bonds is 5. The van der Waals surface area contributed by atoms with Gasteiger partial charge in [0.05, 0.1) is 11.3 Å². The third kappa shape index (κ3) is 3.71. The van der Waals surface area contributed by atoms with Crippen LogP contribution in [-0.2, 0) is 0 Å². The van der Waals surface area contributed by atoms with Crippen molar-refractivity contribution in [2.24, 2.45) is 0 Å². The van der Waals surface area contributed by atoms with Gasteiger partial charge in [-0.3, -0.25) is 0 Å². The van der Waals surface area contributed by atoms with Crippen LogP contribution in [0.25, 0.3) is 0 Å². The number of halogens is 1. The summed E-state index contributed by atoms with van der Waals surface area (Å²) in [6.07, 6.45) is 0. The first-order valence-corrected chi connectivity index (χ1v) is 5.35. The minimum absolute atomic E-state index is 0.0417. The van der Waals surface area contributed by atoms with Crippen LogP contribution in [0.4, 0.5) is 10.1 Å². The molecule has 2 N–H and O–H groups in total. The lowest BCUT2D eigenvalue weighted by atomic mass is 10.1. The van der Waals surface area contributed by atoms with Gasteiger partial charge >= 0.3 is 5.97 Å². The van der Waals surface area contributed by atoms with E-state index in [-0.39, 0.29) is 17.3 Å². The Labute approximate surface area is 100 Å². The van der Waals surface area contributed by atoms with Crippen LogP contribution in [0, 0.1) is 5.82 Å². The van der Waals surface area contributed by atoms with E-state index in [4.69, 9.17) is 5.11 Å². The number of benzene rings is 1. The van der Waals surface area contributed by atoms with Gasteiger partial charge in [0.2, 0.25) is 0 Å². The molecule has 0 saturated heterocycles. The molecule has 17 heavy (non-hydrogen) atoms. The number of hydrogen-bond acceptors (Lipinski definition) is 3. The van der Waals surface area contributed by atoms with Crippen LogP contribution in [-0.4, -0.2) is 42.7 Å². The van der Waals surface area contributed by atoms with Crippen LogP contribution in [0.15, 0.2) is 18.2 Å². The van der Waals surface area contributed by atoms with Crippen LogP contribution in [0.5, 0.6) is 0 Å². The quantitative estimate of drug-likeness (QED) is 0.825. The molecule has 1 rings (SSSR count). The predicted molar refractivity (Wildman–Crippen MR) is 65.0 cm³/mol. The fraction of sp³-hybridized carbons (Fsp3) is 0.417. The molecule has 1 aromatic carbocycles. The first-order chi connectivity index (χ1) is 7.91. The lowest BCUT2D eigenvalue weighted by Crippen LogP contribution is -2.30. The van der Waals surface area contributed by atoms with E-state index < -0.39 is 11.8 Å². The Morgan fingerprint density at radius 3 is 2.71 bits per heavy atom. The summed E-state index contributed by atoms with van der Waals surface area (Å²) in [5.74, 6) is -1.68. The molecule has 0 aliphatic heterocycles. The minimum Gasteiger partial charge on any atom is -0.478 e. The Hall–Kier alpha value is -1.62. The zero-order chi connectivity index (χ0) is 13.0. The SMILES string of the molecule is CC(CN(C)C)Nc1c(F)cccc1C(=O)O. The average molecular weight is 240 g/mol. The van der Waals surface area contributed by atoms with Crippen LogP contribution in [0.2, 0.25) is 0 Å². The van der Waals surface area contributed by atoms with E-state index in [1.807, 2.05) is 25.9 Å². The van der Waals surface area contributed by atoms with Crippen molar-refractivity contribution in [3.63, 3.8) is 0 Å². The van der Waals surface area contributed by atoms with Crippen LogP contribution >= 0.6 is 0 Å². The van der Waals surface area contributed by atoms with Crippen molar-refractivity contribution >= 4 is 11.7 Å². The maximum atomic E-state index is 13.6. The predicted octanol–water partition coefficient (Wildman–Crippen LogP) is 1.89. The van der Waals surface area contributed by atoms with E-state index in [1.165, 1.54) is 18.2 Å². The van der Waals surface area contributed by atoms with E-state index >= 15 is 0 Å². The molecular formula is C12H17FN2O2. The number of carbonyl (C=O) groups is 1. The number of likely N-dealkylation sites (N-methyl/N-ethyl adjacent to an activating group) is 1. The molecule has 4 nitrogen and oxygen atoms in total. The van der Waals surface area contributed by atoms with E-state index in [2.05, 4.69) is 5.32 Å². The molecule has 0 heterocycles. The number of nitrogens with one attached hydrogen (secondary N) is 1. The van der Waals surface area contributed by atoms with E-state index in [0.717, 1.165) is 0 Å².